The molecule has 108 valence electrons. The molecule has 0 atom stereocenters. The SMILES string of the molecule is O=[N+]([O-])c1cccc2oc(NCC(F)(F)C(F)F)nc12. The summed E-state index contributed by atoms with van der Waals surface area (Å²) in [5.41, 5.74) is -0.539. The van der Waals surface area contributed by atoms with Crippen molar-refractivity contribution < 1.29 is 26.9 Å². The summed E-state index contributed by atoms with van der Waals surface area (Å²) in [5, 5.41) is 12.6. The number of halogens is 4. The van der Waals surface area contributed by atoms with Crippen LogP contribution < -0.4 is 5.32 Å². The van der Waals surface area contributed by atoms with Gasteiger partial charge in [0.25, 0.3) is 11.7 Å². The Morgan fingerprint density at radius 2 is 2.15 bits per heavy atom. The van der Waals surface area contributed by atoms with Crippen molar-refractivity contribution in [2.24, 2.45) is 0 Å². The van der Waals surface area contributed by atoms with Crippen LogP contribution in [0.5, 0.6) is 0 Å². The number of hydrogen-bond donors (Lipinski definition) is 1. The lowest BCUT2D eigenvalue weighted by Crippen LogP contribution is -2.34. The van der Waals surface area contributed by atoms with Crippen molar-refractivity contribution in [2.45, 2.75) is 12.3 Å². The summed E-state index contributed by atoms with van der Waals surface area (Å²) in [6.07, 6.45) is -3.84. The summed E-state index contributed by atoms with van der Waals surface area (Å²) in [6.45, 7) is -1.40. The maximum Gasteiger partial charge on any atom is 0.324 e. The standard InChI is InChI=1S/C10H7F4N3O3/c11-8(12)10(13,14)4-15-9-16-7-5(17(18)19)2-1-3-6(7)20-9/h1-3,8H,4H2,(H,15,16). The highest BCUT2D eigenvalue weighted by molar-refractivity contribution is 5.83. The number of rotatable bonds is 5. The minimum Gasteiger partial charge on any atom is -0.423 e. The van der Waals surface area contributed by atoms with E-state index >= 15 is 0 Å². The van der Waals surface area contributed by atoms with Gasteiger partial charge < -0.3 is 9.73 Å². The number of aromatic nitrogens is 1. The molecule has 0 aliphatic carbocycles. The van der Waals surface area contributed by atoms with Crippen molar-refractivity contribution >= 4 is 22.8 Å². The van der Waals surface area contributed by atoms with Crippen LogP contribution in [0.25, 0.3) is 11.1 Å². The third-order valence-corrected chi connectivity index (χ3v) is 2.39. The molecule has 0 saturated carbocycles. The topological polar surface area (TPSA) is 81.2 Å². The molecule has 20 heavy (non-hydrogen) atoms. The largest absolute Gasteiger partial charge is 0.423 e. The first-order valence-electron chi connectivity index (χ1n) is 5.25. The number of anilines is 1. The number of nitro groups is 1. The van der Waals surface area contributed by atoms with Gasteiger partial charge in [0.15, 0.2) is 11.1 Å². The molecule has 2 rings (SSSR count). The van der Waals surface area contributed by atoms with Gasteiger partial charge in [0.1, 0.15) is 0 Å². The zero-order valence-corrected chi connectivity index (χ0v) is 9.65. The van der Waals surface area contributed by atoms with Gasteiger partial charge in [0.05, 0.1) is 11.5 Å². The van der Waals surface area contributed by atoms with E-state index in [0.717, 1.165) is 6.07 Å². The molecule has 0 bridgehead atoms. The van der Waals surface area contributed by atoms with Crippen molar-refractivity contribution in [1.29, 1.82) is 0 Å². The molecule has 0 amide bonds. The van der Waals surface area contributed by atoms with Crippen molar-refractivity contribution in [2.75, 3.05) is 11.9 Å². The Morgan fingerprint density at radius 1 is 1.45 bits per heavy atom. The minimum atomic E-state index is -4.26. The monoisotopic (exact) mass is 293 g/mol. The van der Waals surface area contributed by atoms with Gasteiger partial charge in [-0.2, -0.15) is 13.8 Å². The van der Waals surface area contributed by atoms with Crippen LogP contribution in [-0.4, -0.2) is 28.8 Å². The number of nitrogens with one attached hydrogen (secondary N) is 1. The first kappa shape index (κ1) is 14.0. The second-order valence-corrected chi connectivity index (χ2v) is 3.82. The number of nitro benzene ring substituents is 1. The van der Waals surface area contributed by atoms with Gasteiger partial charge in [-0.1, -0.05) is 6.07 Å². The number of alkyl halides is 4. The van der Waals surface area contributed by atoms with Gasteiger partial charge >= 0.3 is 12.3 Å². The number of hydrogen-bond acceptors (Lipinski definition) is 5. The van der Waals surface area contributed by atoms with Gasteiger partial charge in [-0.05, 0) is 6.07 Å². The predicted molar refractivity (Wildman–Crippen MR) is 60.1 cm³/mol. The van der Waals surface area contributed by atoms with Crippen LogP contribution in [0.2, 0.25) is 0 Å². The van der Waals surface area contributed by atoms with Crippen LogP contribution in [-0.2, 0) is 0 Å². The average molecular weight is 293 g/mol. The Morgan fingerprint density at radius 3 is 2.75 bits per heavy atom. The van der Waals surface area contributed by atoms with E-state index < -0.39 is 29.8 Å². The van der Waals surface area contributed by atoms with E-state index in [9.17, 15) is 27.7 Å². The zero-order valence-electron chi connectivity index (χ0n) is 9.65. The highest BCUT2D eigenvalue weighted by atomic mass is 19.3. The Labute approximate surface area is 108 Å². The molecule has 1 N–H and O–H groups in total. The highest BCUT2D eigenvalue weighted by Gasteiger charge is 2.40. The molecular weight excluding hydrogens is 286 g/mol. The average Bonchev–Trinajstić information content (AvgIpc) is 2.78. The third-order valence-electron chi connectivity index (χ3n) is 2.39. The lowest BCUT2D eigenvalue weighted by atomic mass is 10.3. The van der Waals surface area contributed by atoms with E-state index in [4.69, 9.17) is 4.42 Å². The Hall–Kier alpha value is -2.39. The first-order chi connectivity index (χ1) is 9.31. The quantitative estimate of drug-likeness (QED) is 0.520. The molecule has 0 radical (unpaired) electrons. The van der Waals surface area contributed by atoms with Crippen LogP contribution in [0, 0.1) is 10.1 Å². The Kier molecular flexibility index (Phi) is 3.47. The molecule has 0 aliphatic heterocycles. The van der Waals surface area contributed by atoms with E-state index in [-0.39, 0.29) is 16.8 Å². The molecule has 0 fully saturated rings. The van der Waals surface area contributed by atoms with E-state index in [2.05, 4.69) is 4.98 Å². The van der Waals surface area contributed by atoms with Gasteiger partial charge in [0.2, 0.25) is 0 Å². The molecule has 0 unspecified atom stereocenters. The number of benzene rings is 1. The van der Waals surface area contributed by atoms with Crippen LogP contribution in [0.1, 0.15) is 0 Å². The second kappa shape index (κ2) is 4.94. The van der Waals surface area contributed by atoms with E-state index in [1.54, 1.807) is 0 Å². The predicted octanol–water partition coefficient (Wildman–Crippen LogP) is 3.05. The summed E-state index contributed by atoms with van der Waals surface area (Å²) < 4.78 is 54.3. The van der Waals surface area contributed by atoms with Gasteiger partial charge in [-0.15, -0.1) is 0 Å². The number of nitrogens with zero attached hydrogens (tertiary/aromatic N) is 2. The summed E-state index contributed by atoms with van der Waals surface area (Å²) in [5.74, 6) is -4.26. The molecule has 0 aliphatic rings. The molecule has 0 saturated heterocycles. The summed E-state index contributed by atoms with van der Waals surface area (Å²) >= 11 is 0. The molecule has 2 aromatic rings. The number of oxazole rings is 1. The van der Waals surface area contributed by atoms with Crippen molar-refractivity contribution in [3.05, 3.63) is 28.3 Å². The van der Waals surface area contributed by atoms with E-state index in [0.29, 0.717) is 0 Å². The van der Waals surface area contributed by atoms with Crippen molar-refractivity contribution in [1.82, 2.24) is 4.98 Å². The molecule has 6 nitrogen and oxygen atoms in total. The lowest BCUT2D eigenvalue weighted by molar-refractivity contribution is -0.383. The third kappa shape index (κ3) is 2.63. The van der Waals surface area contributed by atoms with Gasteiger partial charge in [-0.3, -0.25) is 10.1 Å². The fourth-order valence-electron chi connectivity index (χ4n) is 1.43. The fraction of sp³-hybridized carbons (Fsp3) is 0.300. The van der Waals surface area contributed by atoms with Crippen molar-refractivity contribution in [3.8, 4) is 0 Å². The minimum absolute atomic E-state index is 0.0120. The van der Waals surface area contributed by atoms with Gasteiger partial charge in [-0.25, -0.2) is 8.78 Å². The highest BCUT2D eigenvalue weighted by Crippen LogP contribution is 2.28. The fourth-order valence-corrected chi connectivity index (χ4v) is 1.43. The summed E-state index contributed by atoms with van der Waals surface area (Å²) in [7, 11) is 0. The number of non-ortho nitro benzene ring substituents is 1. The molecular formula is C10H7F4N3O3. The molecule has 1 aromatic carbocycles. The van der Waals surface area contributed by atoms with Crippen LogP contribution in [0.4, 0.5) is 29.3 Å². The Balaban J connectivity index is 2.25. The molecule has 1 heterocycles. The number of fused-ring (bicyclic) bond motifs is 1. The zero-order chi connectivity index (χ0) is 14.9. The molecule has 1 aromatic heterocycles. The van der Waals surface area contributed by atoms with Gasteiger partial charge in [0, 0.05) is 6.07 Å². The van der Waals surface area contributed by atoms with E-state index in [1.807, 2.05) is 5.32 Å². The maximum atomic E-state index is 12.7. The van der Waals surface area contributed by atoms with Crippen LogP contribution in [0.15, 0.2) is 22.6 Å². The smallest absolute Gasteiger partial charge is 0.324 e. The molecule has 10 heteroatoms. The Bertz CT molecular complexity index is 644. The van der Waals surface area contributed by atoms with Crippen LogP contribution >= 0.6 is 0 Å². The maximum absolute atomic E-state index is 12.7. The van der Waals surface area contributed by atoms with E-state index in [1.165, 1.54) is 12.1 Å². The normalized spacial score (nSPS) is 12.1. The molecule has 0 spiro atoms. The summed E-state index contributed by atoms with van der Waals surface area (Å²) in [4.78, 5) is 13.6. The van der Waals surface area contributed by atoms with Crippen molar-refractivity contribution in [3.63, 3.8) is 0 Å². The second-order valence-electron chi connectivity index (χ2n) is 3.82. The lowest BCUT2D eigenvalue weighted by Gasteiger charge is -2.14. The summed E-state index contributed by atoms with van der Waals surface area (Å²) in [6, 6.07) is 3.33. The first-order valence-corrected chi connectivity index (χ1v) is 5.25. The van der Waals surface area contributed by atoms with Crippen LogP contribution in [0.3, 0.4) is 0 Å². The number of para-hydroxylation sites is 1.